The number of unbranched alkanes of at least 4 members (excludes halogenated alkanes) is 7. The predicted molar refractivity (Wildman–Crippen MR) is 269 cm³/mol. The molecule has 354 valence electrons. The number of hydrogen-bond acceptors (Lipinski definition) is 8. The topological polar surface area (TPSA) is 112 Å². The molecule has 0 unspecified atom stereocenters. The van der Waals surface area contributed by atoms with Gasteiger partial charge in [-0.3, -0.25) is 29.2 Å². The van der Waals surface area contributed by atoms with Gasteiger partial charge in [0, 0.05) is 87.7 Å². The summed E-state index contributed by atoms with van der Waals surface area (Å²) in [5.41, 5.74) is 5.60. The maximum absolute atomic E-state index is 13.1. The lowest BCUT2D eigenvalue weighted by atomic mass is 9.92. The molecule has 0 spiro atoms. The standard InChI is InChI=1S/C56H76N6O4/c1-7-33-59-37-43(5)61(39-41(59)3)53(49-19-17-21-51(63)35-49)45-23-27-47(28-24-45)55(65)57-31-15-13-11-9-10-12-14-16-32-58-56(66)48-29-25-46(26-30-48)54(50-20-18-22-52(64)36-50)62-40-42(4)60(34-8-2)38-44(62)6/h7-8,17-30,35-36,41-44,53-54,63-64H,1-2,9-16,31-34,37-40H2,3-6H3,(H,57,65)(H,58,66)/t41-,42-,43+,44+,53-,54-/m1/s1. The zero-order chi connectivity index (χ0) is 47.0. The Labute approximate surface area is 395 Å². The third kappa shape index (κ3) is 13.7. The van der Waals surface area contributed by atoms with Gasteiger partial charge in [0.1, 0.15) is 11.5 Å². The van der Waals surface area contributed by atoms with Gasteiger partial charge in [0.15, 0.2) is 0 Å². The van der Waals surface area contributed by atoms with E-state index in [2.05, 4.69) is 107 Å². The molecule has 10 nitrogen and oxygen atoms in total. The monoisotopic (exact) mass is 897 g/mol. The molecule has 4 aromatic carbocycles. The number of nitrogens with zero attached hydrogens (tertiary/aromatic N) is 4. The van der Waals surface area contributed by atoms with Crippen molar-refractivity contribution >= 4 is 11.8 Å². The highest BCUT2D eigenvalue weighted by molar-refractivity contribution is 5.94. The van der Waals surface area contributed by atoms with Crippen LogP contribution in [0.5, 0.6) is 11.5 Å². The summed E-state index contributed by atoms with van der Waals surface area (Å²) >= 11 is 0. The second-order valence-electron chi connectivity index (χ2n) is 18.9. The molecule has 0 saturated carbocycles. The van der Waals surface area contributed by atoms with E-state index in [9.17, 15) is 19.8 Å². The number of phenolic OH excluding ortho intramolecular Hbond substituents is 2. The van der Waals surface area contributed by atoms with Gasteiger partial charge in [-0.1, -0.05) is 99.2 Å². The van der Waals surface area contributed by atoms with Crippen LogP contribution >= 0.6 is 0 Å². The number of benzene rings is 4. The van der Waals surface area contributed by atoms with Crippen molar-refractivity contribution in [3.8, 4) is 11.5 Å². The van der Waals surface area contributed by atoms with Crippen molar-refractivity contribution in [2.24, 2.45) is 0 Å². The number of aromatic hydroxyl groups is 2. The highest BCUT2D eigenvalue weighted by Crippen LogP contribution is 2.36. The Morgan fingerprint density at radius 3 is 1.24 bits per heavy atom. The summed E-state index contributed by atoms with van der Waals surface area (Å²) in [4.78, 5) is 36.2. The maximum atomic E-state index is 13.1. The Hall–Kier alpha value is -5.26. The SMILES string of the molecule is C=CCN1C[C@H](C)N([C@H](c2ccc(C(=O)NCCCCCCCCCCNC(=O)c3ccc([C@H](c4cccc(O)c4)N4C[C@@H](C)N(CC=C)C[C@@H]4C)cc3)cc2)c2cccc(O)c2)C[C@H]1C. The minimum atomic E-state index is -0.0491. The summed E-state index contributed by atoms with van der Waals surface area (Å²) in [5.74, 6) is 0.409. The van der Waals surface area contributed by atoms with E-state index in [4.69, 9.17) is 0 Å². The fourth-order valence-electron chi connectivity index (χ4n) is 10.1. The number of rotatable bonds is 23. The number of nitrogens with one attached hydrogen (secondary N) is 2. The predicted octanol–water partition coefficient (Wildman–Crippen LogP) is 9.72. The summed E-state index contributed by atoms with van der Waals surface area (Å²) < 4.78 is 0. The van der Waals surface area contributed by atoms with Crippen LogP contribution in [0.25, 0.3) is 0 Å². The fourth-order valence-corrected chi connectivity index (χ4v) is 10.1. The Morgan fingerprint density at radius 2 is 0.894 bits per heavy atom. The lowest BCUT2D eigenvalue weighted by Crippen LogP contribution is -2.57. The van der Waals surface area contributed by atoms with E-state index in [0.29, 0.717) is 48.4 Å². The Morgan fingerprint density at radius 1 is 0.530 bits per heavy atom. The Bertz CT molecular complexity index is 2010. The second-order valence-corrected chi connectivity index (χ2v) is 18.9. The molecule has 10 heteroatoms. The maximum Gasteiger partial charge on any atom is 0.251 e. The highest BCUT2D eigenvalue weighted by Gasteiger charge is 2.36. The number of phenols is 2. The van der Waals surface area contributed by atoms with Gasteiger partial charge in [-0.25, -0.2) is 0 Å². The number of hydrogen-bond donors (Lipinski definition) is 4. The van der Waals surface area contributed by atoms with Gasteiger partial charge >= 0.3 is 0 Å². The number of carbonyl (C=O) groups excluding carboxylic acids is 2. The van der Waals surface area contributed by atoms with E-state index in [0.717, 1.165) is 100 Å². The zero-order valence-corrected chi connectivity index (χ0v) is 40.1. The molecule has 0 radical (unpaired) electrons. The molecule has 2 aliphatic heterocycles. The van der Waals surface area contributed by atoms with Crippen molar-refractivity contribution in [3.05, 3.63) is 156 Å². The van der Waals surface area contributed by atoms with Crippen LogP contribution in [0.15, 0.2) is 122 Å². The first-order valence-corrected chi connectivity index (χ1v) is 24.5. The molecule has 66 heavy (non-hydrogen) atoms. The van der Waals surface area contributed by atoms with Crippen LogP contribution in [0.1, 0.15) is 134 Å². The number of amides is 2. The second kappa shape index (κ2) is 25.0. The van der Waals surface area contributed by atoms with Gasteiger partial charge in [-0.05, 0) is 111 Å². The summed E-state index contributed by atoms with van der Waals surface area (Å²) in [6.45, 7) is 23.6. The van der Waals surface area contributed by atoms with Gasteiger partial charge in [-0.15, -0.1) is 13.2 Å². The van der Waals surface area contributed by atoms with Crippen LogP contribution < -0.4 is 10.6 Å². The first-order valence-electron chi connectivity index (χ1n) is 24.5. The quantitative estimate of drug-likeness (QED) is 0.0431. The minimum absolute atomic E-state index is 0.0418. The first-order chi connectivity index (χ1) is 32.0. The smallest absolute Gasteiger partial charge is 0.251 e. The van der Waals surface area contributed by atoms with E-state index in [1.807, 2.05) is 60.7 Å². The summed E-state index contributed by atoms with van der Waals surface area (Å²) in [6.07, 6.45) is 12.6. The van der Waals surface area contributed by atoms with E-state index in [1.54, 1.807) is 12.1 Å². The van der Waals surface area contributed by atoms with E-state index >= 15 is 0 Å². The first kappa shape index (κ1) is 50.2. The molecule has 0 aliphatic carbocycles. The van der Waals surface area contributed by atoms with E-state index in [-0.39, 0.29) is 35.4 Å². The van der Waals surface area contributed by atoms with Crippen molar-refractivity contribution in [1.29, 1.82) is 0 Å². The minimum Gasteiger partial charge on any atom is -0.508 e. The lowest BCUT2D eigenvalue weighted by Gasteiger charge is -2.47. The van der Waals surface area contributed by atoms with Crippen LogP contribution in [0.2, 0.25) is 0 Å². The van der Waals surface area contributed by atoms with Crippen molar-refractivity contribution in [2.75, 3.05) is 52.4 Å². The summed E-state index contributed by atoms with van der Waals surface area (Å²) in [5, 5.41) is 27.0. The lowest BCUT2D eigenvalue weighted by molar-refractivity contribution is 0.0306. The largest absolute Gasteiger partial charge is 0.508 e. The van der Waals surface area contributed by atoms with E-state index in [1.165, 1.54) is 12.8 Å². The molecule has 0 bridgehead atoms. The van der Waals surface area contributed by atoms with Gasteiger partial charge in [0.2, 0.25) is 0 Å². The van der Waals surface area contributed by atoms with Gasteiger partial charge in [0.05, 0.1) is 12.1 Å². The highest BCUT2D eigenvalue weighted by atomic mass is 16.3. The average molecular weight is 897 g/mol. The van der Waals surface area contributed by atoms with Gasteiger partial charge in [0.25, 0.3) is 11.8 Å². The average Bonchev–Trinajstić information content (AvgIpc) is 3.30. The molecule has 6 atom stereocenters. The van der Waals surface area contributed by atoms with Crippen LogP contribution in [0, 0.1) is 0 Å². The number of piperazine rings is 2. The molecule has 4 aromatic rings. The van der Waals surface area contributed by atoms with E-state index < -0.39 is 0 Å². The van der Waals surface area contributed by atoms with Crippen molar-refractivity contribution in [3.63, 3.8) is 0 Å². The zero-order valence-electron chi connectivity index (χ0n) is 40.1. The van der Waals surface area contributed by atoms with Gasteiger partial charge < -0.3 is 20.8 Å². The molecule has 2 saturated heterocycles. The summed E-state index contributed by atoms with van der Waals surface area (Å²) in [6, 6.07) is 32.3. The third-order valence-electron chi connectivity index (χ3n) is 13.7. The van der Waals surface area contributed by atoms with Crippen molar-refractivity contribution in [1.82, 2.24) is 30.2 Å². The molecule has 6 rings (SSSR count). The summed E-state index contributed by atoms with van der Waals surface area (Å²) in [7, 11) is 0. The molecular formula is C56H76N6O4. The van der Waals surface area contributed by atoms with Crippen LogP contribution in [0.3, 0.4) is 0 Å². The van der Waals surface area contributed by atoms with Crippen molar-refractivity contribution < 1.29 is 19.8 Å². The molecule has 0 aromatic heterocycles. The fraction of sp³-hybridized carbons (Fsp3) is 0.464. The molecule has 2 aliphatic rings. The molecule has 2 amide bonds. The molecule has 2 heterocycles. The van der Waals surface area contributed by atoms with Gasteiger partial charge in [-0.2, -0.15) is 0 Å². The van der Waals surface area contributed by atoms with Crippen LogP contribution in [0.4, 0.5) is 0 Å². The van der Waals surface area contributed by atoms with Crippen LogP contribution in [-0.2, 0) is 0 Å². The third-order valence-corrected chi connectivity index (χ3v) is 13.7. The molecule has 4 N–H and O–H groups in total. The van der Waals surface area contributed by atoms with Crippen LogP contribution in [-0.4, -0.2) is 118 Å². The number of carbonyl (C=O) groups is 2. The Kier molecular flexibility index (Phi) is 19.0. The molecule has 2 fully saturated rings. The Balaban J connectivity index is 0.868. The molecular weight excluding hydrogens is 821 g/mol. The normalized spacial score (nSPS) is 20.6. The van der Waals surface area contributed by atoms with Crippen molar-refractivity contribution in [2.45, 2.75) is 115 Å².